The fraction of sp³-hybridized carbons (Fsp3) is 0.474. The first-order chi connectivity index (χ1) is 13.2. The van der Waals surface area contributed by atoms with Gasteiger partial charge in [-0.2, -0.15) is 0 Å². The number of thiazole rings is 1. The van der Waals surface area contributed by atoms with Crippen molar-refractivity contribution in [3.63, 3.8) is 0 Å². The number of hydrogen-bond acceptors (Lipinski definition) is 6. The van der Waals surface area contributed by atoms with Crippen LogP contribution in [-0.4, -0.2) is 53.5 Å². The minimum absolute atomic E-state index is 0.124. The highest BCUT2D eigenvalue weighted by atomic mass is 32.1. The van der Waals surface area contributed by atoms with Gasteiger partial charge in [0.05, 0.1) is 19.1 Å². The highest BCUT2D eigenvalue weighted by Gasteiger charge is 2.32. The highest BCUT2D eigenvalue weighted by Crippen LogP contribution is 2.32. The number of nitrogens with zero attached hydrogens (tertiary/aromatic N) is 3. The van der Waals surface area contributed by atoms with Crippen LogP contribution >= 0.6 is 11.3 Å². The maximum Gasteiger partial charge on any atom is 0.270 e. The quantitative estimate of drug-likeness (QED) is 0.787. The third-order valence-electron chi connectivity index (χ3n) is 4.79. The summed E-state index contributed by atoms with van der Waals surface area (Å²) in [5.41, 5.74) is 0.395. The Morgan fingerprint density at radius 2 is 2.11 bits per heavy atom. The van der Waals surface area contributed by atoms with Gasteiger partial charge in [-0.25, -0.2) is 4.98 Å². The number of carbonyl (C=O) groups is 2. The molecule has 27 heavy (non-hydrogen) atoms. The van der Waals surface area contributed by atoms with Crippen LogP contribution in [0.2, 0.25) is 0 Å². The summed E-state index contributed by atoms with van der Waals surface area (Å²) >= 11 is 1.54. The number of piperidine rings is 1. The van der Waals surface area contributed by atoms with Gasteiger partial charge >= 0.3 is 0 Å². The van der Waals surface area contributed by atoms with Crippen molar-refractivity contribution >= 4 is 23.2 Å². The second-order valence-corrected chi connectivity index (χ2v) is 7.42. The van der Waals surface area contributed by atoms with Gasteiger partial charge in [-0.1, -0.05) is 6.07 Å². The molecule has 2 aromatic heterocycles. The van der Waals surface area contributed by atoms with E-state index < -0.39 is 0 Å². The molecule has 3 heterocycles. The van der Waals surface area contributed by atoms with Crippen molar-refractivity contribution in [3.05, 3.63) is 46.7 Å². The van der Waals surface area contributed by atoms with Gasteiger partial charge < -0.3 is 15.0 Å². The summed E-state index contributed by atoms with van der Waals surface area (Å²) in [6.07, 6.45) is 5.42. The summed E-state index contributed by atoms with van der Waals surface area (Å²) < 4.78 is 4.99. The molecule has 1 N–H and O–H groups in total. The van der Waals surface area contributed by atoms with Gasteiger partial charge in [0.1, 0.15) is 10.7 Å². The first kappa shape index (κ1) is 19.4. The number of aromatic nitrogens is 2. The Labute approximate surface area is 162 Å². The molecule has 1 unspecified atom stereocenters. The predicted molar refractivity (Wildman–Crippen MR) is 102 cm³/mol. The molecule has 144 valence electrons. The van der Waals surface area contributed by atoms with Crippen molar-refractivity contribution in [1.82, 2.24) is 20.2 Å². The first-order valence-corrected chi connectivity index (χ1v) is 9.95. The van der Waals surface area contributed by atoms with Gasteiger partial charge in [0.15, 0.2) is 0 Å². The van der Waals surface area contributed by atoms with Crippen LogP contribution in [0.25, 0.3) is 0 Å². The van der Waals surface area contributed by atoms with Gasteiger partial charge in [0.2, 0.25) is 5.91 Å². The smallest absolute Gasteiger partial charge is 0.270 e. The molecule has 1 saturated heterocycles. The van der Waals surface area contributed by atoms with Crippen LogP contribution < -0.4 is 5.32 Å². The molecule has 0 saturated carbocycles. The number of carbonyl (C=O) groups excluding carboxylic acids is 2. The fourth-order valence-corrected chi connectivity index (χ4v) is 4.09. The zero-order valence-electron chi connectivity index (χ0n) is 15.3. The monoisotopic (exact) mass is 388 g/mol. The van der Waals surface area contributed by atoms with Gasteiger partial charge in [-0.3, -0.25) is 14.6 Å². The molecule has 1 aliphatic rings. The molecule has 2 amide bonds. The van der Waals surface area contributed by atoms with E-state index in [-0.39, 0.29) is 23.8 Å². The summed E-state index contributed by atoms with van der Waals surface area (Å²) in [6, 6.07) is 5.11. The van der Waals surface area contributed by atoms with Crippen molar-refractivity contribution in [3.8, 4) is 0 Å². The molecule has 0 bridgehead atoms. The van der Waals surface area contributed by atoms with E-state index in [4.69, 9.17) is 4.74 Å². The van der Waals surface area contributed by atoms with E-state index in [1.54, 1.807) is 37.7 Å². The molecule has 3 rings (SSSR count). The zero-order chi connectivity index (χ0) is 19.1. The Balaban J connectivity index is 1.65. The number of pyridine rings is 1. The lowest BCUT2D eigenvalue weighted by Crippen LogP contribution is -2.43. The largest absolute Gasteiger partial charge is 0.384 e. The van der Waals surface area contributed by atoms with Crippen LogP contribution in [0.1, 0.15) is 40.8 Å². The Hall–Kier alpha value is -2.32. The predicted octanol–water partition coefficient (Wildman–Crippen LogP) is 2.28. The van der Waals surface area contributed by atoms with E-state index in [1.807, 2.05) is 10.3 Å². The summed E-state index contributed by atoms with van der Waals surface area (Å²) in [7, 11) is 1.60. The Morgan fingerprint density at radius 1 is 1.30 bits per heavy atom. The number of nitrogens with one attached hydrogen (secondary N) is 1. The molecule has 0 aromatic carbocycles. The van der Waals surface area contributed by atoms with E-state index >= 15 is 0 Å². The second-order valence-electron chi connectivity index (χ2n) is 6.50. The summed E-state index contributed by atoms with van der Waals surface area (Å²) in [4.78, 5) is 35.2. The molecule has 8 heteroatoms. The fourth-order valence-electron chi connectivity index (χ4n) is 3.31. The minimum atomic E-state index is -0.200. The maximum absolute atomic E-state index is 12.6. The lowest BCUT2D eigenvalue weighted by Gasteiger charge is -2.35. The van der Waals surface area contributed by atoms with Crippen molar-refractivity contribution in [2.45, 2.75) is 25.3 Å². The van der Waals surface area contributed by atoms with Crippen LogP contribution in [0.3, 0.4) is 0 Å². The molecule has 0 aliphatic carbocycles. The van der Waals surface area contributed by atoms with Crippen LogP contribution in [0, 0.1) is 5.92 Å². The normalized spacial score (nSPS) is 16.1. The van der Waals surface area contributed by atoms with Gasteiger partial charge in [0, 0.05) is 38.0 Å². The molecule has 7 nitrogen and oxygen atoms in total. The molecular weight excluding hydrogens is 364 g/mol. The first-order valence-electron chi connectivity index (χ1n) is 9.07. The van der Waals surface area contributed by atoms with E-state index in [2.05, 4.69) is 15.3 Å². The Kier molecular flexibility index (Phi) is 6.89. The SMILES string of the molecule is COCCC(=O)N1CCC(C(NC(=O)c2ccccn2)c2nccs2)CC1. The lowest BCUT2D eigenvalue weighted by atomic mass is 9.89. The molecule has 0 spiro atoms. The summed E-state index contributed by atoms with van der Waals surface area (Å²) in [5.74, 6) is 0.156. The van der Waals surface area contributed by atoms with Crippen molar-refractivity contribution in [1.29, 1.82) is 0 Å². The molecule has 2 aromatic rings. The van der Waals surface area contributed by atoms with Crippen molar-refractivity contribution in [2.24, 2.45) is 5.92 Å². The number of likely N-dealkylation sites (tertiary alicyclic amines) is 1. The molecule has 1 fully saturated rings. The van der Waals surface area contributed by atoms with Gasteiger partial charge in [0.25, 0.3) is 5.91 Å². The minimum Gasteiger partial charge on any atom is -0.384 e. The van der Waals surface area contributed by atoms with E-state index in [1.165, 1.54) is 11.3 Å². The average molecular weight is 388 g/mol. The number of hydrogen-bond donors (Lipinski definition) is 1. The summed E-state index contributed by atoms with van der Waals surface area (Å²) in [5, 5.41) is 5.91. The number of methoxy groups -OCH3 is 1. The maximum atomic E-state index is 12.6. The standard InChI is InChI=1S/C19H24N4O3S/c1-26-12-7-16(24)23-10-5-14(6-11-23)17(19-21-9-13-27-19)22-18(25)15-4-2-3-8-20-15/h2-4,8-9,13-14,17H,5-7,10-12H2,1H3,(H,22,25). The molecule has 1 aliphatic heterocycles. The van der Waals surface area contributed by atoms with E-state index in [0.29, 0.717) is 31.8 Å². The number of rotatable bonds is 7. The molecule has 0 radical (unpaired) electrons. The van der Waals surface area contributed by atoms with E-state index in [9.17, 15) is 9.59 Å². The third-order valence-corrected chi connectivity index (χ3v) is 5.64. The lowest BCUT2D eigenvalue weighted by molar-refractivity contribution is -0.133. The summed E-state index contributed by atoms with van der Waals surface area (Å²) in [6.45, 7) is 1.82. The molecular formula is C19H24N4O3S. The van der Waals surface area contributed by atoms with Crippen LogP contribution in [0.15, 0.2) is 36.0 Å². The van der Waals surface area contributed by atoms with Gasteiger partial charge in [-0.15, -0.1) is 11.3 Å². The molecule has 1 atom stereocenters. The van der Waals surface area contributed by atoms with Crippen molar-refractivity contribution in [2.75, 3.05) is 26.8 Å². The van der Waals surface area contributed by atoms with Crippen LogP contribution in [-0.2, 0) is 9.53 Å². The van der Waals surface area contributed by atoms with Crippen LogP contribution in [0.4, 0.5) is 0 Å². The average Bonchev–Trinajstić information content (AvgIpc) is 3.25. The van der Waals surface area contributed by atoms with E-state index in [0.717, 1.165) is 17.8 Å². The zero-order valence-corrected chi connectivity index (χ0v) is 16.2. The highest BCUT2D eigenvalue weighted by molar-refractivity contribution is 7.09. The third kappa shape index (κ3) is 5.11. The van der Waals surface area contributed by atoms with Crippen molar-refractivity contribution < 1.29 is 14.3 Å². The Morgan fingerprint density at radius 3 is 2.74 bits per heavy atom. The Bertz CT molecular complexity index is 731. The number of ether oxygens (including phenoxy) is 1. The number of amides is 2. The topological polar surface area (TPSA) is 84.4 Å². The second kappa shape index (κ2) is 9.57. The van der Waals surface area contributed by atoms with Gasteiger partial charge in [-0.05, 0) is 30.9 Å². The van der Waals surface area contributed by atoms with Crippen LogP contribution in [0.5, 0.6) is 0 Å².